The maximum atomic E-state index is 13.4. The highest BCUT2D eigenvalue weighted by molar-refractivity contribution is 5.95. The number of hydrogen-bond donors (Lipinski definition) is 1. The Morgan fingerprint density at radius 2 is 1.85 bits per heavy atom. The molecule has 1 amide bonds. The zero-order chi connectivity index (χ0) is 19.1. The highest BCUT2D eigenvalue weighted by Gasteiger charge is 2.16. The molecule has 0 aliphatic carbocycles. The van der Waals surface area contributed by atoms with E-state index in [1.54, 1.807) is 0 Å². The zero-order valence-electron chi connectivity index (χ0n) is 13.5. The molecule has 0 radical (unpaired) electrons. The van der Waals surface area contributed by atoms with Crippen molar-refractivity contribution in [2.45, 2.75) is 6.61 Å². The number of rotatable bonds is 7. The number of esters is 1. The number of halogens is 3. The Labute approximate surface area is 146 Å². The van der Waals surface area contributed by atoms with E-state index in [4.69, 9.17) is 9.47 Å². The van der Waals surface area contributed by atoms with Crippen molar-refractivity contribution in [3.05, 3.63) is 53.8 Å². The minimum Gasteiger partial charge on any atom is -0.493 e. The molecule has 0 fully saturated rings. The Kier molecular flexibility index (Phi) is 6.42. The highest BCUT2D eigenvalue weighted by atomic mass is 19.3. The van der Waals surface area contributed by atoms with Gasteiger partial charge in [-0.05, 0) is 30.3 Å². The van der Waals surface area contributed by atoms with E-state index in [1.807, 2.05) is 0 Å². The van der Waals surface area contributed by atoms with E-state index < -0.39 is 30.9 Å². The van der Waals surface area contributed by atoms with E-state index in [9.17, 15) is 22.8 Å². The molecule has 0 aliphatic rings. The average Bonchev–Trinajstić information content (AvgIpc) is 2.61. The van der Waals surface area contributed by atoms with Gasteiger partial charge in [0, 0.05) is 0 Å². The Morgan fingerprint density at radius 1 is 1.12 bits per heavy atom. The van der Waals surface area contributed by atoms with E-state index in [0.29, 0.717) is 0 Å². The number of anilines is 1. The lowest BCUT2D eigenvalue weighted by molar-refractivity contribution is -0.119. The molecule has 0 saturated carbocycles. The minimum absolute atomic E-state index is 0.0397. The first-order valence-corrected chi connectivity index (χ1v) is 7.25. The van der Waals surface area contributed by atoms with Crippen molar-refractivity contribution in [1.82, 2.24) is 0 Å². The van der Waals surface area contributed by atoms with Crippen molar-refractivity contribution in [2.75, 3.05) is 19.0 Å². The van der Waals surface area contributed by atoms with Crippen LogP contribution in [0.1, 0.15) is 10.4 Å². The van der Waals surface area contributed by atoms with Crippen LogP contribution in [0.25, 0.3) is 0 Å². The second kappa shape index (κ2) is 8.75. The maximum Gasteiger partial charge on any atom is 0.387 e. The molecule has 26 heavy (non-hydrogen) atoms. The second-order valence-corrected chi connectivity index (χ2v) is 4.85. The van der Waals surface area contributed by atoms with Crippen molar-refractivity contribution < 1.29 is 37.0 Å². The van der Waals surface area contributed by atoms with Gasteiger partial charge in [0.15, 0.2) is 18.1 Å². The summed E-state index contributed by atoms with van der Waals surface area (Å²) in [5.41, 5.74) is -0.0918. The summed E-state index contributed by atoms with van der Waals surface area (Å²) < 4.78 is 51.9. The van der Waals surface area contributed by atoms with Crippen LogP contribution in [0.2, 0.25) is 0 Å². The molecule has 1 N–H and O–H groups in total. The Morgan fingerprint density at radius 3 is 2.50 bits per heavy atom. The summed E-state index contributed by atoms with van der Waals surface area (Å²) in [6.07, 6.45) is 0. The molecule has 0 aromatic heterocycles. The van der Waals surface area contributed by atoms with Gasteiger partial charge in [-0.25, -0.2) is 9.18 Å². The lowest BCUT2D eigenvalue weighted by Gasteiger charge is -2.11. The van der Waals surface area contributed by atoms with E-state index in [-0.39, 0.29) is 22.7 Å². The van der Waals surface area contributed by atoms with Gasteiger partial charge in [-0.15, -0.1) is 0 Å². The molecular formula is C17H14F3NO5. The number of alkyl halides is 2. The Hall–Kier alpha value is -3.23. The summed E-state index contributed by atoms with van der Waals surface area (Å²) in [6, 6.07) is 8.92. The van der Waals surface area contributed by atoms with Gasteiger partial charge < -0.3 is 19.5 Å². The fraction of sp³-hybridized carbons (Fsp3) is 0.176. The third kappa shape index (κ3) is 5.13. The van der Waals surface area contributed by atoms with Crippen LogP contribution < -0.4 is 14.8 Å². The van der Waals surface area contributed by atoms with Crippen LogP contribution in [0.4, 0.5) is 18.9 Å². The molecule has 0 saturated heterocycles. The number of nitrogens with one attached hydrogen (secondary N) is 1. The van der Waals surface area contributed by atoms with Gasteiger partial charge in [0.2, 0.25) is 0 Å². The van der Waals surface area contributed by atoms with Gasteiger partial charge in [-0.2, -0.15) is 8.78 Å². The monoisotopic (exact) mass is 369 g/mol. The van der Waals surface area contributed by atoms with Gasteiger partial charge >= 0.3 is 12.6 Å². The Balaban J connectivity index is 1.97. The van der Waals surface area contributed by atoms with Gasteiger partial charge in [-0.3, -0.25) is 4.79 Å². The van der Waals surface area contributed by atoms with Gasteiger partial charge in [0.05, 0.1) is 18.4 Å². The predicted molar refractivity (Wildman–Crippen MR) is 84.9 cm³/mol. The fourth-order valence-electron chi connectivity index (χ4n) is 1.95. The smallest absolute Gasteiger partial charge is 0.387 e. The number of hydrogen-bond acceptors (Lipinski definition) is 5. The Bertz CT molecular complexity index is 798. The number of benzene rings is 2. The first-order chi connectivity index (χ1) is 12.4. The van der Waals surface area contributed by atoms with E-state index >= 15 is 0 Å². The zero-order valence-corrected chi connectivity index (χ0v) is 13.5. The number of carbonyl (C=O) groups excluding carboxylic acids is 2. The largest absolute Gasteiger partial charge is 0.493 e. The van der Waals surface area contributed by atoms with Crippen LogP contribution >= 0.6 is 0 Å². The van der Waals surface area contributed by atoms with Crippen LogP contribution in [0.3, 0.4) is 0 Å². The summed E-state index contributed by atoms with van der Waals surface area (Å²) in [6.45, 7) is -3.71. The third-order valence-corrected chi connectivity index (χ3v) is 3.10. The van der Waals surface area contributed by atoms with Crippen molar-refractivity contribution >= 4 is 17.6 Å². The average molecular weight is 369 g/mol. The number of para-hydroxylation sites is 1. The predicted octanol–water partition coefficient (Wildman–Crippen LogP) is 3.23. The van der Waals surface area contributed by atoms with E-state index in [0.717, 1.165) is 18.2 Å². The molecule has 6 nitrogen and oxygen atoms in total. The molecule has 0 atom stereocenters. The number of methoxy groups -OCH3 is 1. The summed E-state index contributed by atoms with van der Waals surface area (Å²) in [5.74, 6) is -2.62. The van der Waals surface area contributed by atoms with E-state index in [2.05, 4.69) is 10.1 Å². The van der Waals surface area contributed by atoms with Crippen LogP contribution in [0.15, 0.2) is 42.5 Å². The quantitative estimate of drug-likeness (QED) is 0.759. The summed E-state index contributed by atoms with van der Waals surface area (Å²) >= 11 is 0. The lowest BCUT2D eigenvalue weighted by Crippen LogP contribution is -2.21. The lowest BCUT2D eigenvalue weighted by atomic mass is 10.2. The van der Waals surface area contributed by atoms with Crippen molar-refractivity contribution in [1.29, 1.82) is 0 Å². The molecule has 0 aliphatic heterocycles. The molecular weight excluding hydrogens is 355 g/mol. The minimum atomic E-state index is -3.05. The van der Waals surface area contributed by atoms with Gasteiger partial charge in [0.25, 0.3) is 5.91 Å². The number of amides is 1. The van der Waals surface area contributed by atoms with Crippen LogP contribution in [0, 0.1) is 5.82 Å². The van der Waals surface area contributed by atoms with E-state index in [1.165, 1.54) is 31.4 Å². The molecule has 0 spiro atoms. The summed E-state index contributed by atoms with van der Waals surface area (Å²) in [7, 11) is 1.21. The summed E-state index contributed by atoms with van der Waals surface area (Å²) in [4.78, 5) is 23.7. The third-order valence-electron chi connectivity index (χ3n) is 3.10. The van der Waals surface area contributed by atoms with Crippen LogP contribution in [-0.2, 0) is 9.53 Å². The molecule has 138 valence electrons. The highest BCUT2D eigenvalue weighted by Crippen LogP contribution is 2.29. The van der Waals surface area contributed by atoms with Crippen molar-refractivity contribution in [3.8, 4) is 11.5 Å². The molecule has 0 heterocycles. The molecule has 0 unspecified atom stereocenters. The second-order valence-electron chi connectivity index (χ2n) is 4.85. The SMILES string of the molecule is COc1cc(C(=O)OCC(=O)Nc2ccccc2F)ccc1OC(F)F. The molecule has 9 heteroatoms. The molecule has 0 bridgehead atoms. The van der Waals surface area contributed by atoms with Gasteiger partial charge in [0.1, 0.15) is 5.82 Å². The van der Waals surface area contributed by atoms with Crippen molar-refractivity contribution in [2.24, 2.45) is 0 Å². The number of ether oxygens (including phenoxy) is 3. The first kappa shape index (κ1) is 19.1. The number of carbonyl (C=O) groups is 2. The normalized spacial score (nSPS) is 10.3. The topological polar surface area (TPSA) is 73.9 Å². The van der Waals surface area contributed by atoms with Crippen LogP contribution in [0.5, 0.6) is 11.5 Å². The standard InChI is InChI=1S/C17H14F3NO5/c1-24-14-8-10(6-7-13(14)26-17(19)20)16(23)25-9-15(22)21-12-5-3-2-4-11(12)18/h2-8,17H,9H2,1H3,(H,21,22). The molecule has 2 aromatic rings. The molecule has 2 rings (SSSR count). The fourth-order valence-corrected chi connectivity index (χ4v) is 1.95. The maximum absolute atomic E-state index is 13.4. The summed E-state index contributed by atoms with van der Waals surface area (Å²) in [5, 5.41) is 2.25. The first-order valence-electron chi connectivity index (χ1n) is 7.25. The van der Waals surface area contributed by atoms with Gasteiger partial charge in [-0.1, -0.05) is 12.1 Å². The molecule has 2 aromatic carbocycles. The van der Waals surface area contributed by atoms with Crippen LogP contribution in [-0.4, -0.2) is 32.2 Å². The van der Waals surface area contributed by atoms with Crippen molar-refractivity contribution in [3.63, 3.8) is 0 Å².